The molecule has 0 spiro atoms. The zero-order valence-corrected chi connectivity index (χ0v) is 13.1. The second kappa shape index (κ2) is 6.37. The molecular weight excluding hydrogens is 342 g/mol. The van der Waals surface area contributed by atoms with Crippen LogP contribution in [-0.4, -0.2) is 15.1 Å². The van der Waals surface area contributed by atoms with Crippen molar-refractivity contribution < 1.29 is 5.11 Å². The van der Waals surface area contributed by atoms with Crippen LogP contribution in [0, 0.1) is 0 Å². The first-order chi connectivity index (χ1) is 9.39. The number of H-pyrrole nitrogens is 1. The van der Waals surface area contributed by atoms with Gasteiger partial charge in [-0.2, -0.15) is 0 Å². The van der Waals surface area contributed by atoms with Crippen molar-refractivity contribution in [3.8, 4) is 0 Å². The summed E-state index contributed by atoms with van der Waals surface area (Å²) in [5.74, 6) is 0.578. The van der Waals surface area contributed by atoms with Crippen LogP contribution in [0.25, 0.3) is 0 Å². The Bertz CT molecular complexity index is 603. The molecule has 0 aliphatic carbocycles. The van der Waals surface area contributed by atoms with Gasteiger partial charge in [-0.3, -0.25) is 0 Å². The molecule has 0 aliphatic heterocycles. The number of imidazole rings is 1. The molecule has 0 aliphatic rings. The molecule has 0 amide bonds. The largest absolute Gasteiger partial charge is 0.380 e. The van der Waals surface area contributed by atoms with Gasteiger partial charge in [0.2, 0.25) is 0 Å². The number of aromatic nitrogens is 2. The van der Waals surface area contributed by atoms with Crippen LogP contribution in [0.5, 0.6) is 0 Å². The fourth-order valence-corrected chi connectivity index (χ4v) is 2.76. The molecule has 2 N–H and O–H groups in total. The molecular formula is C13H10Cl4N2O. The van der Waals surface area contributed by atoms with Crippen molar-refractivity contribution >= 4 is 46.4 Å². The van der Waals surface area contributed by atoms with Gasteiger partial charge in [-0.25, -0.2) is 4.98 Å². The van der Waals surface area contributed by atoms with E-state index in [2.05, 4.69) is 9.97 Å². The van der Waals surface area contributed by atoms with Crippen molar-refractivity contribution in [3.05, 3.63) is 62.6 Å². The first kappa shape index (κ1) is 15.7. The monoisotopic (exact) mass is 350 g/mol. The summed E-state index contributed by atoms with van der Waals surface area (Å²) >= 11 is 23.3. The Balaban J connectivity index is 2.48. The van der Waals surface area contributed by atoms with Gasteiger partial charge in [0.1, 0.15) is 15.9 Å². The second-order valence-electron chi connectivity index (χ2n) is 4.23. The number of nitrogens with one attached hydrogen (secondary N) is 1. The third-order valence-corrected chi connectivity index (χ3v) is 3.36. The molecule has 20 heavy (non-hydrogen) atoms. The quantitative estimate of drug-likeness (QED) is 0.853. The summed E-state index contributed by atoms with van der Waals surface area (Å²) in [6.45, 7) is 0. The molecule has 0 fully saturated rings. The SMILES string of the molecule is OC(C=C(Cl)Cl)(Cc1ncc[nH]1)c1cc(Cl)cc(Cl)c1. The lowest BCUT2D eigenvalue weighted by Gasteiger charge is -2.25. The van der Waals surface area contributed by atoms with Crippen LogP contribution in [0.15, 0.2) is 41.2 Å². The van der Waals surface area contributed by atoms with Crippen LogP contribution in [0.3, 0.4) is 0 Å². The minimum atomic E-state index is -1.47. The van der Waals surface area contributed by atoms with Gasteiger partial charge >= 0.3 is 0 Å². The van der Waals surface area contributed by atoms with Crippen molar-refractivity contribution in [1.82, 2.24) is 9.97 Å². The Morgan fingerprint density at radius 3 is 2.40 bits per heavy atom. The molecule has 2 rings (SSSR count). The molecule has 0 saturated heterocycles. The third kappa shape index (κ3) is 3.90. The van der Waals surface area contributed by atoms with Gasteiger partial charge in [0.15, 0.2) is 0 Å². The van der Waals surface area contributed by atoms with E-state index in [-0.39, 0.29) is 10.9 Å². The summed E-state index contributed by atoms with van der Waals surface area (Å²) in [6, 6.07) is 4.78. The van der Waals surface area contributed by atoms with Gasteiger partial charge < -0.3 is 10.1 Å². The standard InChI is InChI=1S/C13H10Cl4N2O/c14-9-3-8(4-10(15)5-9)13(20,6-11(16)17)7-12-18-1-2-19-12/h1-6,20H,7H2,(H,18,19). The summed E-state index contributed by atoms with van der Waals surface area (Å²) in [5, 5.41) is 11.7. The maximum absolute atomic E-state index is 10.9. The minimum absolute atomic E-state index is 0.0600. The van der Waals surface area contributed by atoms with Gasteiger partial charge in [-0.15, -0.1) is 0 Å². The second-order valence-corrected chi connectivity index (χ2v) is 6.11. The first-order valence-electron chi connectivity index (χ1n) is 5.60. The highest BCUT2D eigenvalue weighted by Crippen LogP contribution is 2.33. The van der Waals surface area contributed by atoms with E-state index in [4.69, 9.17) is 46.4 Å². The number of aromatic amines is 1. The van der Waals surface area contributed by atoms with Crippen molar-refractivity contribution in [2.24, 2.45) is 0 Å². The molecule has 3 nitrogen and oxygen atoms in total. The Morgan fingerprint density at radius 1 is 1.25 bits per heavy atom. The Hall–Kier alpha value is -0.710. The summed E-state index contributed by atoms with van der Waals surface area (Å²) in [6.07, 6.45) is 4.72. The number of hydrogen-bond donors (Lipinski definition) is 2. The summed E-state index contributed by atoms with van der Waals surface area (Å²) in [5.41, 5.74) is -0.990. The molecule has 1 aromatic heterocycles. The van der Waals surface area contributed by atoms with Crippen molar-refractivity contribution in [3.63, 3.8) is 0 Å². The molecule has 0 bridgehead atoms. The molecule has 7 heteroatoms. The van der Waals surface area contributed by atoms with Crippen LogP contribution >= 0.6 is 46.4 Å². The maximum atomic E-state index is 10.9. The number of hydrogen-bond acceptors (Lipinski definition) is 2. The number of benzene rings is 1. The zero-order valence-electron chi connectivity index (χ0n) is 10.1. The predicted octanol–water partition coefficient (Wildman–Crippen LogP) is 4.47. The van der Waals surface area contributed by atoms with Crippen molar-refractivity contribution in [1.29, 1.82) is 0 Å². The Morgan fingerprint density at radius 2 is 1.90 bits per heavy atom. The smallest absolute Gasteiger partial charge is 0.117 e. The van der Waals surface area contributed by atoms with Crippen molar-refractivity contribution in [2.75, 3.05) is 0 Å². The van der Waals surface area contributed by atoms with Crippen molar-refractivity contribution in [2.45, 2.75) is 12.0 Å². The van der Waals surface area contributed by atoms with Crippen LogP contribution < -0.4 is 0 Å². The highest BCUT2D eigenvalue weighted by Gasteiger charge is 2.29. The van der Waals surface area contributed by atoms with E-state index >= 15 is 0 Å². The van der Waals surface area contributed by atoms with E-state index in [1.165, 1.54) is 6.08 Å². The zero-order chi connectivity index (χ0) is 14.8. The molecule has 1 heterocycles. The average Bonchev–Trinajstić information content (AvgIpc) is 2.79. The van der Waals surface area contributed by atoms with E-state index in [0.717, 1.165) is 0 Å². The highest BCUT2D eigenvalue weighted by atomic mass is 35.5. The van der Waals surface area contributed by atoms with E-state index in [1.807, 2.05) is 0 Å². The number of nitrogens with zero attached hydrogens (tertiary/aromatic N) is 1. The average molecular weight is 352 g/mol. The van der Waals surface area contributed by atoms with Gasteiger partial charge in [-0.1, -0.05) is 46.4 Å². The Labute approximate surface area is 136 Å². The van der Waals surface area contributed by atoms with E-state index in [9.17, 15) is 5.11 Å². The fraction of sp³-hybridized carbons (Fsp3) is 0.154. The third-order valence-electron chi connectivity index (χ3n) is 2.70. The summed E-state index contributed by atoms with van der Waals surface area (Å²) in [4.78, 5) is 6.99. The maximum Gasteiger partial charge on any atom is 0.117 e. The number of rotatable bonds is 4. The van der Waals surface area contributed by atoms with Crippen LogP contribution in [0.4, 0.5) is 0 Å². The topological polar surface area (TPSA) is 48.9 Å². The van der Waals surface area contributed by atoms with E-state index in [0.29, 0.717) is 21.4 Å². The lowest BCUT2D eigenvalue weighted by molar-refractivity contribution is 0.0877. The molecule has 1 unspecified atom stereocenters. The fourth-order valence-electron chi connectivity index (χ4n) is 1.87. The predicted molar refractivity (Wildman–Crippen MR) is 82.4 cm³/mol. The van der Waals surface area contributed by atoms with Crippen LogP contribution in [0.1, 0.15) is 11.4 Å². The van der Waals surface area contributed by atoms with Crippen LogP contribution in [-0.2, 0) is 12.0 Å². The number of aliphatic hydroxyl groups is 1. The molecule has 0 radical (unpaired) electrons. The lowest BCUT2D eigenvalue weighted by Crippen LogP contribution is -2.27. The highest BCUT2D eigenvalue weighted by molar-refractivity contribution is 6.55. The summed E-state index contributed by atoms with van der Waals surface area (Å²) in [7, 11) is 0. The van der Waals surface area contributed by atoms with Gasteiger partial charge in [0, 0.05) is 28.9 Å². The lowest BCUT2D eigenvalue weighted by atomic mass is 9.90. The molecule has 106 valence electrons. The summed E-state index contributed by atoms with van der Waals surface area (Å²) < 4.78 is -0.0600. The normalized spacial score (nSPS) is 13.8. The van der Waals surface area contributed by atoms with Gasteiger partial charge in [0.25, 0.3) is 0 Å². The Kier molecular flexibility index (Phi) is 4.99. The van der Waals surface area contributed by atoms with E-state index in [1.54, 1.807) is 30.6 Å². The number of halogens is 4. The van der Waals surface area contributed by atoms with Crippen LogP contribution in [0.2, 0.25) is 10.0 Å². The molecule has 1 atom stereocenters. The van der Waals surface area contributed by atoms with Gasteiger partial charge in [0.05, 0.1) is 0 Å². The molecule has 0 saturated carbocycles. The van der Waals surface area contributed by atoms with E-state index < -0.39 is 5.60 Å². The molecule has 2 aromatic rings. The molecule has 1 aromatic carbocycles. The van der Waals surface area contributed by atoms with Gasteiger partial charge in [-0.05, 0) is 29.8 Å². The minimum Gasteiger partial charge on any atom is -0.380 e. The first-order valence-corrected chi connectivity index (χ1v) is 7.11.